The molecule has 0 bridgehead atoms. The van der Waals surface area contributed by atoms with Gasteiger partial charge in [-0.3, -0.25) is 4.79 Å². The number of fused-ring (bicyclic) bond motifs is 1. The first-order valence-electron chi connectivity index (χ1n) is 8.64. The molecule has 0 N–H and O–H groups in total. The number of aromatic nitrogens is 2. The first-order valence-corrected chi connectivity index (χ1v) is 8.64. The maximum absolute atomic E-state index is 13.9. The van der Waals surface area contributed by atoms with E-state index >= 15 is 0 Å². The Morgan fingerprint density at radius 2 is 1.92 bits per heavy atom. The van der Waals surface area contributed by atoms with Gasteiger partial charge in [-0.05, 0) is 19.1 Å². The maximum Gasteiger partial charge on any atom is 0.274 e. The van der Waals surface area contributed by atoms with Crippen LogP contribution in [-0.4, -0.2) is 53.4 Å². The molecule has 7 heteroatoms. The van der Waals surface area contributed by atoms with E-state index in [9.17, 15) is 9.18 Å². The Bertz CT molecular complexity index is 796. The van der Waals surface area contributed by atoms with Crippen LogP contribution in [0.3, 0.4) is 0 Å². The van der Waals surface area contributed by atoms with Crippen molar-refractivity contribution >= 4 is 11.6 Å². The zero-order valence-electron chi connectivity index (χ0n) is 14.2. The molecule has 3 heterocycles. The van der Waals surface area contributed by atoms with Crippen LogP contribution in [0, 0.1) is 12.7 Å². The zero-order chi connectivity index (χ0) is 17.4. The summed E-state index contributed by atoms with van der Waals surface area (Å²) in [6.07, 6.45) is 0.906. The molecule has 0 atom stereocenters. The molecule has 1 aromatic heterocycles. The maximum atomic E-state index is 13.9. The minimum atomic E-state index is -0.225. The van der Waals surface area contributed by atoms with Gasteiger partial charge in [-0.25, -0.2) is 9.07 Å². The number of carbonyl (C=O) groups is 1. The Morgan fingerprint density at radius 1 is 1.16 bits per heavy atom. The molecular formula is C18H21FN4O2. The molecule has 132 valence electrons. The number of piperazine rings is 1. The van der Waals surface area contributed by atoms with E-state index in [1.54, 1.807) is 21.7 Å². The number of ether oxygens (including phenoxy) is 1. The predicted octanol–water partition coefficient (Wildman–Crippen LogP) is 2.08. The van der Waals surface area contributed by atoms with Crippen molar-refractivity contribution < 1.29 is 13.9 Å². The van der Waals surface area contributed by atoms with E-state index in [0.717, 1.165) is 18.5 Å². The third-order valence-electron chi connectivity index (χ3n) is 4.85. The van der Waals surface area contributed by atoms with Gasteiger partial charge < -0.3 is 14.5 Å². The highest BCUT2D eigenvalue weighted by Gasteiger charge is 2.29. The summed E-state index contributed by atoms with van der Waals surface area (Å²) in [6, 6.07) is 6.75. The van der Waals surface area contributed by atoms with E-state index in [4.69, 9.17) is 4.74 Å². The molecule has 25 heavy (non-hydrogen) atoms. The van der Waals surface area contributed by atoms with Gasteiger partial charge in [0.25, 0.3) is 5.91 Å². The SMILES string of the molecule is Cc1c(C(=O)N2CCN(c3ccccc3F)CC2)nn2c1OCCC2. The third-order valence-corrected chi connectivity index (χ3v) is 4.85. The molecule has 0 spiro atoms. The molecule has 4 rings (SSSR count). The van der Waals surface area contributed by atoms with Crippen LogP contribution < -0.4 is 9.64 Å². The minimum Gasteiger partial charge on any atom is -0.478 e. The average molecular weight is 344 g/mol. The fourth-order valence-corrected chi connectivity index (χ4v) is 3.47. The predicted molar refractivity (Wildman–Crippen MR) is 91.6 cm³/mol. The fraction of sp³-hybridized carbons (Fsp3) is 0.444. The van der Waals surface area contributed by atoms with Crippen LogP contribution in [-0.2, 0) is 6.54 Å². The highest BCUT2D eigenvalue weighted by atomic mass is 19.1. The number of amides is 1. The van der Waals surface area contributed by atoms with Gasteiger partial charge in [0.1, 0.15) is 5.82 Å². The van der Waals surface area contributed by atoms with Crippen LogP contribution in [0.15, 0.2) is 24.3 Å². The first kappa shape index (κ1) is 15.9. The van der Waals surface area contributed by atoms with Crippen molar-refractivity contribution in [1.29, 1.82) is 0 Å². The normalized spacial score (nSPS) is 17.2. The van der Waals surface area contributed by atoms with Crippen LogP contribution in [0.1, 0.15) is 22.5 Å². The van der Waals surface area contributed by atoms with Crippen molar-refractivity contribution in [3.05, 3.63) is 41.3 Å². The number of halogens is 1. The van der Waals surface area contributed by atoms with E-state index in [1.165, 1.54) is 6.07 Å². The second-order valence-corrected chi connectivity index (χ2v) is 6.43. The van der Waals surface area contributed by atoms with Crippen molar-refractivity contribution in [3.8, 4) is 5.88 Å². The largest absolute Gasteiger partial charge is 0.478 e. The Labute approximate surface area is 145 Å². The van der Waals surface area contributed by atoms with E-state index in [1.807, 2.05) is 17.9 Å². The average Bonchev–Trinajstić information content (AvgIpc) is 2.99. The fourth-order valence-electron chi connectivity index (χ4n) is 3.47. The van der Waals surface area contributed by atoms with Crippen molar-refractivity contribution in [1.82, 2.24) is 14.7 Å². The highest BCUT2D eigenvalue weighted by Crippen LogP contribution is 2.26. The number of benzene rings is 1. The molecule has 0 saturated carbocycles. The van der Waals surface area contributed by atoms with E-state index in [2.05, 4.69) is 5.10 Å². The molecule has 0 radical (unpaired) electrons. The number of nitrogens with zero attached hydrogens (tertiary/aromatic N) is 4. The van der Waals surface area contributed by atoms with E-state index < -0.39 is 0 Å². The molecule has 1 fully saturated rings. The molecule has 2 aliphatic heterocycles. The second-order valence-electron chi connectivity index (χ2n) is 6.43. The Balaban J connectivity index is 1.47. The van der Waals surface area contributed by atoms with Crippen molar-refractivity contribution in [3.63, 3.8) is 0 Å². The van der Waals surface area contributed by atoms with Gasteiger partial charge in [0.05, 0.1) is 12.3 Å². The molecule has 0 unspecified atom stereocenters. The first-order chi connectivity index (χ1) is 12.1. The summed E-state index contributed by atoms with van der Waals surface area (Å²) >= 11 is 0. The van der Waals surface area contributed by atoms with Crippen LogP contribution in [0.25, 0.3) is 0 Å². The zero-order valence-corrected chi connectivity index (χ0v) is 14.2. The summed E-state index contributed by atoms with van der Waals surface area (Å²) in [7, 11) is 0. The molecule has 1 amide bonds. The van der Waals surface area contributed by atoms with Gasteiger partial charge >= 0.3 is 0 Å². The van der Waals surface area contributed by atoms with Crippen molar-refractivity contribution in [2.45, 2.75) is 19.9 Å². The number of hydrogen-bond donors (Lipinski definition) is 0. The second kappa shape index (κ2) is 6.38. The van der Waals surface area contributed by atoms with Crippen molar-refractivity contribution in [2.24, 2.45) is 0 Å². The quantitative estimate of drug-likeness (QED) is 0.837. The molecule has 2 aliphatic rings. The van der Waals surface area contributed by atoms with E-state index in [0.29, 0.717) is 50.0 Å². The topological polar surface area (TPSA) is 50.6 Å². The standard InChI is InChI=1S/C18H21FN4O2/c1-13-16(20-23-7-4-12-25-18(13)23)17(24)22-10-8-21(9-11-22)15-6-3-2-5-14(15)19/h2-3,5-6H,4,7-12H2,1H3. The lowest BCUT2D eigenvalue weighted by atomic mass is 10.2. The molecular weight excluding hydrogens is 323 g/mol. The molecule has 1 aromatic carbocycles. The molecule has 0 aliphatic carbocycles. The minimum absolute atomic E-state index is 0.0730. The monoisotopic (exact) mass is 344 g/mol. The van der Waals surface area contributed by atoms with E-state index in [-0.39, 0.29) is 11.7 Å². The Kier molecular flexibility index (Phi) is 4.07. The Hall–Kier alpha value is -2.57. The van der Waals surface area contributed by atoms with Crippen LogP contribution in [0.5, 0.6) is 5.88 Å². The smallest absolute Gasteiger partial charge is 0.274 e. The number of aryl methyl sites for hydroxylation is 1. The highest BCUT2D eigenvalue weighted by molar-refractivity contribution is 5.94. The van der Waals surface area contributed by atoms with Crippen LogP contribution >= 0.6 is 0 Å². The lowest BCUT2D eigenvalue weighted by Crippen LogP contribution is -2.49. The third kappa shape index (κ3) is 2.83. The number of anilines is 1. The summed E-state index contributed by atoms with van der Waals surface area (Å²) in [6.45, 7) is 5.65. The van der Waals surface area contributed by atoms with Gasteiger partial charge in [0, 0.05) is 44.7 Å². The number of rotatable bonds is 2. The van der Waals surface area contributed by atoms with Crippen LogP contribution in [0.4, 0.5) is 10.1 Å². The lowest BCUT2D eigenvalue weighted by Gasteiger charge is -2.36. The summed E-state index contributed by atoms with van der Waals surface area (Å²) < 4.78 is 21.3. The van der Waals surface area contributed by atoms with Crippen LogP contribution in [0.2, 0.25) is 0 Å². The lowest BCUT2D eigenvalue weighted by molar-refractivity contribution is 0.0739. The van der Waals surface area contributed by atoms with Gasteiger partial charge in [-0.2, -0.15) is 5.10 Å². The van der Waals surface area contributed by atoms with Gasteiger partial charge in [-0.15, -0.1) is 0 Å². The van der Waals surface area contributed by atoms with Gasteiger partial charge in [-0.1, -0.05) is 12.1 Å². The number of para-hydroxylation sites is 1. The number of carbonyl (C=O) groups excluding carboxylic acids is 1. The number of hydrogen-bond acceptors (Lipinski definition) is 4. The van der Waals surface area contributed by atoms with Gasteiger partial charge in [0.15, 0.2) is 5.69 Å². The summed E-state index contributed by atoms with van der Waals surface area (Å²) in [4.78, 5) is 16.6. The summed E-state index contributed by atoms with van der Waals surface area (Å²) in [5.41, 5.74) is 1.87. The van der Waals surface area contributed by atoms with Gasteiger partial charge in [0.2, 0.25) is 5.88 Å². The molecule has 1 saturated heterocycles. The Morgan fingerprint density at radius 3 is 2.64 bits per heavy atom. The summed E-state index contributed by atoms with van der Waals surface area (Å²) in [5, 5.41) is 4.44. The molecule has 2 aromatic rings. The summed E-state index contributed by atoms with van der Waals surface area (Å²) in [5.74, 6) is 0.410. The van der Waals surface area contributed by atoms with Crippen molar-refractivity contribution in [2.75, 3.05) is 37.7 Å². The molecule has 6 nitrogen and oxygen atoms in total.